The Bertz CT molecular complexity index is 695. The van der Waals surface area contributed by atoms with Crippen LogP contribution >= 0.6 is 11.6 Å². The molecule has 0 saturated heterocycles. The van der Waals surface area contributed by atoms with E-state index >= 15 is 0 Å². The highest BCUT2D eigenvalue weighted by Crippen LogP contribution is 2.35. The van der Waals surface area contributed by atoms with Crippen molar-refractivity contribution >= 4 is 23.5 Å². The van der Waals surface area contributed by atoms with E-state index in [1.54, 1.807) is 26.8 Å². The Hall–Kier alpha value is -2.07. The molecule has 0 aliphatic heterocycles. The zero-order valence-electron chi connectivity index (χ0n) is 14.7. The van der Waals surface area contributed by atoms with Gasteiger partial charge in [-0.15, -0.1) is 0 Å². The van der Waals surface area contributed by atoms with Gasteiger partial charge >= 0.3 is 6.09 Å². The van der Waals surface area contributed by atoms with Crippen molar-refractivity contribution < 1.29 is 13.9 Å². The molecule has 0 unspecified atom stereocenters. The summed E-state index contributed by atoms with van der Waals surface area (Å²) in [6, 6.07) is 2.29. The van der Waals surface area contributed by atoms with Gasteiger partial charge in [-0.3, -0.25) is 0 Å². The van der Waals surface area contributed by atoms with E-state index in [2.05, 4.69) is 15.6 Å². The fourth-order valence-corrected chi connectivity index (χ4v) is 2.68. The van der Waals surface area contributed by atoms with Crippen molar-refractivity contribution in [2.45, 2.75) is 58.2 Å². The normalized spacial score (nSPS) is 16.5. The van der Waals surface area contributed by atoms with Gasteiger partial charge in [0.25, 0.3) is 0 Å². The van der Waals surface area contributed by atoms with Crippen molar-refractivity contribution in [2.75, 3.05) is 5.32 Å². The molecule has 2 N–H and O–H groups in total. The summed E-state index contributed by atoms with van der Waals surface area (Å²) in [5.41, 5.74) is -0.619. The first kappa shape index (κ1) is 19.3. The minimum atomic E-state index is -0.667. The maximum atomic E-state index is 14.1. The molecule has 2 atom stereocenters. The van der Waals surface area contributed by atoms with E-state index in [0.717, 1.165) is 18.9 Å². The van der Waals surface area contributed by atoms with Crippen LogP contribution in [0.1, 0.15) is 46.1 Å². The van der Waals surface area contributed by atoms with Gasteiger partial charge in [-0.1, -0.05) is 11.6 Å². The molecule has 0 aromatic carbocycles. The molecule has 1 aromatic heterocycles. The summed E-state index contributed by atoms with van der Waals surface area (Å²) in [6.07, 6.45) is 1.46. The third-order valence-electron chi connectivity index (χ3n) is 3.77. The second kappa shape index (κ2) is 7.44. The average molecular weight is 369 g/mol. The van der Waals surface area contributed by atoms with Crippen molar-refractivity contribution in [3.05, 3.63) is 22.6 Å². The highest BCUT2D eigenvalue weighted by atomic mass is 35.5. The first-order valence-electron chi connectivity index (χ1n) is 8.13. The summed E-state index contributed by atoms with van der Waals surface area (Å²) in [5, 5.41) is 14.6. The number of amides is 1. The van der Waals surface area contributed by atoms with E-state index in [1.807, 2.05) is 6.92 Å². The van der Waals surface area contributed by atoms with Crippen LogP contribution in [-0.4, -0.2) is 28.8 Å². The van der Waals surface area contributed by atoms with Crippen molar-refractivity contribution in [3.8, 4) is 6.07 Å². The fraction of sp³-hybridized carbons (Fsp3) is 0.588. The number of carbonyl (C=O) groups is 1. The van der Waals surface area contributed by atoms with Crippen molar-refractivity contribution in [1.82, 2.24) is 10.3 Å². The van der Waals surface area contributed by atoms with Crippen molar-refractivity contribution in [2.24, 2.45) is 5.92 Å². The highest BCUT2D eigenvalue weighted by Gasteiger charge is 2.37. The summed E-state index contributed by atoms with van der Waals surface area (Å²) < 4.78 is 19.4. The van der Waals surface area contributed by atoms with E-state index in [-0.39, 0.29) is 28.6 Å². The van der Waals surface area contributed by atoms with Crippen LogP contribution in [0.15, 0.2) is 6.07 Å². The molecule has 8 heteroatoms. The Balaban J connectivity index is 2.09. The average Bonchev–Trinajstić information content (AvgIpc) is 3.30. The Kier molecular flexibility index (Phi) is 5.73. The summed E-state index contributed by atoms with van der Waals surface area (Å²) in [5.74, 6) is -0.417. The summed E-state index contributed by atoms with van der Waals surface area (Å²) in [6.45, 7) is 7.20. The number of alkyl carbamates (subject to hydrolysis) is 1. The number of hydrogen-bond donors (Lipinski definition) is 2. The first-order chi connectivity index (χ1) is 11.6. The Labute approximate surface area is 151 Å². The van der Waals surface area contributed by atoms with E-state index in [0.29, 0.717) is 5.92 Å². The lowest BCUT2D eigenvalue weighted by Gasteiger charge is -2.28. The number of carbonyl (C=O) groups excluding carboxylic acids is 1. The topological polar surface area (TPSA) is 87.0 Å². The van der Waals surface area contributed by atoms with Crippen LogP contribution in [-0.2, 0) is 4.74 Å². The van der Waals surface area contributed by atoms with Gasteiger partial charge in [0, 0.05) is 6.04 Å². The summed E-state index contributed by atoms with van der Waals surface area (Å²) >= 11 is 5.87. The molecule has 1 saturated carbocycles. The van der Waals surface area contributed by atoms with Crippen LogP contribution in [0.5, 0.6) is 0 Å². The van der Waals surface area contributed by atoms with Gasteiger partial charge in [0.1, 0.15) is 16.8 Å². The fourth-order valence-electron chi connectivity index (χ4n) is 2.50. The lowest BCUT2D eigenvalue weighted by Crippen LogP contribution is -2.48. The Morgan fingerprint density at radius 1 is 1.52 bits per heavy atom. The molecule has 0 radical (unpaired) electrons. The summed E-state index contributed by atoms with van der Waals surface area (Å²) in [4.78, 5) is 16.0. The van der Waals surface area contributed by atoms with Crippen LogP contribution < -0.4 is 10.6 Å². The molecule has 25 heavy (non-hydrogen) atoms. The second-order valence-corrected chi connectivity index (χ2v) is 7.57. The molecule has 1 aliphatic rings. The van der Waals surface area contributed by atoms with Gasteiger partial charge in [0.05, 0.1) is 11.6 Å². The zero-order valence-corrected chi connectivity index (χ0v) is 15.4. The van der Waals surface area contributed by atoms with Crippen LogP contribution in [0.4, 0.5) is 15.0 Å². The number of halogens is 2. The van der Waals surface area contributed by atoms with Gasteiger partial charge in [0.2, 0.25) is 0 Å². The minimum Gasteiger partial charge on any atom is -0.444 e. The minimum absolute atomic E-state index is 0.0250. The number of rotatable bonds is 5. The van der Waals surface area contributed by atoms with Crippen LogP contribution in [0, 0.1) is 23.1 Å². The lowest BCUT2D eigenvalue weighted by atomic mass is 10.1. The Morgan fingerprint density at radius 2 is 2.16 bits per heavy atom. The first-order valence-corrected chi connectivity index (χ1v) is 8.50. The molecule has 1 amide bonds. The monoisotopic (exact) mass is 368 g/mol. The molecule has 0 spiro atoms. The van der Waals surface area contributed by atoms with Crippen LogP contribution in [0.2, 0.25) is 5.15 Å². The maximum absolute atomic E-state index is 14.1. The molecular formula is C17H22ClFN4O2. The van der Waals surface area contributed by atoms with Crippen LogP contribution in [0.3, 0.4) is 0 Å². The standard InChI is InChI=1S/C17H22ClFN4O2/c1-9(21-15-12(19)7-11(8-20)14(18)23-15)13(10-5-6-10)22-16(24)25-17(2,3)4/h7,9-10,13H,5-6H2,1-4H3,(H,21,23)(H,22,24)/t9-,13-/m1/s1. The number of pyridine rings is 1. The predicted molar refractivity (Wildman–Crippen MR) is 92.9 cm³/mol. The number of hydrogen-bond acceptors (Lipinski definition) is 5. The van der Waals surface area contributed by atoms with E-state index in [9.17, 15) is 9.18 Å². The van der Waals surface area contributed by atoms with Gasteiger partial charge < -0.3 is 15.4 Å². The number of nitrogens with one attached hydrogen (secondary N) is 2. The van der Waals surface area contributed by atoms with Gasteiger partial charge in [-0.2, -0.15) is 5.26 Å². The van der Waals surface area contributed by atoms with E-state index < -0.39 is 17.5 Å². The number of ether oxygens (including phenoxy) is 1. The molecule has 6 nitrogen and oxygen atoms in total. The summed E-state index contributed by atoms with van der Waals surface area (Å²) in [7, 11) is 0. The number of aromatic nitrogens is 1. The van der Waals surface area contributed by atoms with Crippen molar-refractivity contribution in [1.29, 1.82) is 5.26 Å². The van der Waals surface area contributed by atoms with Crippen molar-refractivity contribution in [3.63, 3.8) is 0 Å². The second-order valence-electron chi connectivity index (χ2n) is 7.21. The van der Waals surface area contributed by atoms with Gasteiger partial charge in [-0.25, -0.2) is 14.2 Å². The maximum Gasteiger partial charge on any atom is 0.407 e. The lowest BCUT2D eigenvalue weighted by molar-refractivity contribution is 0.0493. The number of nitriles is 1. The van der Waals surface area contributed by atoms with Gasteiger partial charge in [-0.05, 0) is 52.5 Å². The van der Waals surface area contributed by atoms with Crippen LogP contribution in [0.25, 0.3) is 0 Å². The molecule has 1 aliphatic carbocycles. The number of anilines is 1. The third-order valence-corrected chi connectivity index (χ3v) is 4.05. The SMILES string of the molecule is C[C@@H](Nc1nc(Cl)c(C#N)cc1F)[C@@H](NC(=O)OC(C)(C)C)C1CC1. The molecule has 1 heterocycles. The van der Waals surface area contributed by atoms with E-state index in [4.69, 9.17) is 21.6 Å². The molecule has 2 rings (SSSR count). The predicted octanol–water partition coefficient (Wildman–Crippen LogP) is 3.85. The van der Waals surface area contributed by atoms with Gasteiger partial charge in [0.15, 0.2) is 11.6 Å². The Morgan fingerprint density at radius 3 is 2.68 bits per heavy atom. The smallest absolute Gasteiger partial charge is 0.407 e. The van der Waals surface area contributed by atoms with E-state index in [1.165, 1.54) is 0 Å². The molecular weight excluding hydrogens is 347 g/mol. The zero-order chi connectivity index (χ0) is 18.8. The molecule has 0 bridgehead atoms. The molecule has 1 fully saturated rings. The third kappa shape index (κ3) is 5.46. The largest absolute Gasteiger partial charge is 0.444 e. The molecule has 136 valence electrons. The quantitative estimate of drug-likeness (QED) is 0.771. The number of nitrogens with zero attached hydrogens (tertiary/aromatic N) is 2. The molecule has 1 aromatic rings. The highest BCUT2D eigenvalue weighted by molar-refractivity contribution is 6.30.